The summed E-state index contributed by atoms with van der Waals surface area (Å²) in [6.07, 6.45) is 0. The van der Waals surface area contributed by atoms with Gasteiger partial charge in [-0.1, -0.05) is 36.0 Å². The van der Waals surface area contributed by atoms with Crippen LogP contribution in [-0.4, -0.2) is 19.1 Å². The van der Waals surface area contributed by atoms with Crippen LogP contribution in [0, 0.1) is 0 Å². The van der Waals surface area contributed by atoms with Crippen molar-refractivity contribution < 1.29 is 0 Å². The highest BCUT2D eigenvalue weighted by Gasteiger charge is 2.07. The molecule has 2 rings (SSSR count). The number of nitrogens with two attached hydrogens (primary N) is 1. The Hall–Kier alpha value is -1.78. The highest BCUT2D eigenvalue weighted by molar-refractivity contribution is 7.80. The van der Waals surface area contributed by atoms with Crippen molar-refractivity contribution in [3.05, 3.63) is 53.1 Å². The van der Waals surface area contributed by atoms with Crippen LogP contribution in [0.2, 0.25) is 5.02 Å². The molecule has 0 aliphatic carbocycles. The third-order valence-electron chi connectivity index (χ3n) is 2.91. The maximum atomic E-state index is 6.26. The predicted molar refractivity (Wildman–Crippen MR) is 91.4 cm³/mol. The Kier molecular flexibility index (Phi) is 4.47. The van der Waals surface area contributed by atoms with Gasteiger partial charge in [0.15, 0.2) is 0 Å². The van der Waals surface area contributed by atoms with Crippen LogP contribution in [-0.2, 0) is 0 Å². The van der Waals surface area contributed by atoms with Crippen LogP contribution in [0.1, 0.15) is 5.56 Å². The first-order valence-corrected chi connectivity index (χ1v) is 6.90. The van der Waals surface area contributed by atoms with Crippen LogP contribution >= 0.6 is 23.8 Å². The van der Waals surface area contributed by atoms with E-state index in [4.69, 9.17) is 29.6 Å². The maximum Gasteiger partial charge on any atom is 0.104 e. The van der Waals surface area contributed by atoms with Crippen molar-refractivity contribution in [1.82, 2.24) is 0 Å². The van der Waals surface area contributed by atoms with Gasteiger partial charge in [0.2, 0.25) is 0 Å². The van der Waals surface area contributed by atoms with E-state index in [9.17, 15) is 0 Å². The first kappa shape index (κ1) is 14.6. The molecule has 3 N–H and O–H groups in total. The zero-order valence-corrected chi connectivity index (χ0v) is 12.9. The van der Waals surface area contributed by atoms with Gasteiger partial charge in [0.05, 0.1) is 22.1 Å². The van der Waals surface area contributed by atoms with Crippen LogP contribution in [0.5, 0.6) is 0 Å². The van der Waals surface area contributed by atoms with E-state index in [1.807, 2.05) is 55.4 Å². The van der Waals surface area contributed by atoms with Crippen LogP contribution in [0.3, 0.4) is 0 Å². The van der Waals surface area contributed by atoms with E-state index in [2.05, 4.69) is 5.32 Å². The van der Waals surface area contributed by atoms with Crippen LogP contribution in [0.15, 0.2) is 42.5 Å². The molecule has 0 saturated heterocycles. The molecule has 0 spiro atoms. The molecule has 2 aromatic rings. The molecule has 0 aliphatic rings. The molecule has 2 aromatic carbocycles. The summed E-state index contributed by atoms with van der Waals surface area (Å²) in [5.41, 5.74) is 9.25. The van der Waals surface area contributed by atoms with E-state index < -0.39 is 0 Å². The second-order valence-corrected chi connectivity index (χ2v) is 5.44. The minimum absolute atomic E-state index is 0.340. The zero-order valence-electron chi connectivity index (χ0n) is 11.4. The number of rotatable bonds is 4. The molecule has 5 heteroatoms. The van der Waals surface area contributed by atoms with Crippen molar-refractivity contribution in [2.75, 3.05) is 24.3 Å². The van der Waals surface area contributed by atoms with Gasteiger partial charge in [-0.3, -0.25) is 0 Å². The second kappa shape index (κ2) is 6.11. The fraction of sp³-hybridized carbons (Fsp3) is 0.133. The van der Waals surface area contributed by atoms with E-state index in [0.29, 0.717) is 10.0 Å². The van der Waals surface area contributed by atoms with Gasteiger partial charge >= 0.3 is 0 Å². The summed E-state index contributed by atoms with van der Waals surface area (Å²) in [5.74, 6) is 0. The van der Waals surface area contributed by atoms with Crippen molar-refractivity contribution in [3.8, 4) is 0 Å². The minimum Gasteiger partial charge on any atom is -0.389 e. The Balaban J connectivity index is 2.33. The lowest BCUT2D eigenvalue weighted by Gasteiger charge is -2.19. The number of halogens is 1. The fourth-order valence-corrected chi connectivity index (χ4v) is 2.24. The predicted octanol–water partition coefficient (Wildman–Crippen LogP) is 3.78. The number of hydrogen-bond acceptors (Lipinski definition) is 3. The lowest BCUT2D eigenvalue weighted by Crippen LogP contribution is -2.11. The van der Waals surface area contributed by atoms with Gasteiger partial charge in [-0.25, -0.2) is 0 Å². The average Bonchev–Trinajstić information content (AvgIpc) is 2.41. The Labute approximate surface area is 129 Å². The molecular weight excluding hydrogens is 290 g/mol. The Morgan fingerprint density at radius 3 is 2.45 bits per heavy atom. The fourth-order valence-electron chi connectivity index (χ4n) is 1.88. The number of nitrogens with one attached hydrogen (secondary N) is 1. The summed E-state index contributed by atoms with van der Waals surface area (Å²) < 4.78 is 0. The third-order valence-corrected chi connectivity index (χ3v) is 3.46. The van der Waals surface area contributed by atoms with Crippen molar-refractivity contribution in [2.24, 2.45) is 5.73 Å². The van der Waals surface area contributed by atoms with Crippen LogP contribution in [0.4, 0.5) is 17.1 Å². The van der Waals surface area contributed by atoms with Crippen molar-refractivity contribution in [1.29, 1.82) is 0 Å². The molecule has 0 fully saturated rings. The van der Waals surface area contributed by atoms with Crippen LogP contribution < -0.4 is 16.0 Å². The summed E-state index contributed by atoms with van der Waals surface area (Å²) in [7, 11) is 4.00. The molecule has 0 aromatic heterocycles. The maximum absolute atomic E-state index is 6.26. The van der Waals surface area contributed by atoms with Gasteiger partial charge in [0, 0.05) is 19.7 Å². The van der Waals surface area contributed by atoms with Crippen molar-refractivity contribution in [3.63, 3.8) is 0 Å². The van der Waals surface area contributed by atoms with Gasteiger partial charge in [-0.15, -0.1) is 0 Å². The van der Waals surface area contributed by atoms with E-state index in [1.54, 1.807) is 6.07 Å². The summed E-state index contributed by atoms with van der Waals surface area (Å²) in [6.45, 7) is 0. The molecule has 104 valence electrons. The summed E-state index contributed by atoms with van der Waals surface area (Å²) in [4.78, 5) is 2.38. The average molecular weight is 306 g/mol. The molecule has 0 saturated carbocycles. The molecule has 0 amide bonds. The number of para-hydroxylation sites is 2. The van der Waals surface area contributed by atoms with Crippen LogP contribution in [0.25, 0.3) is 0 Å². The first-order valence-electron chi connectivity index (χ1n) is 6.12. The number of nitrogens with zero attached hydrogens (tertiary/aromatic N) is 1. The molecular formula is C15H16ClN3S. The molecule has 20 heavy (non-hydrogen) atoms. The lowest BCUT2D eigenvalue weighted by molar-refractivity contribution is 1.13. The summed E-state index contributed by atoms with van der Waals surface area (Å²) in [6, 6.07) is 13.5. The normalized spacial score (nSPS) is 10.2. The lowest BCUT2D eigenvalue weighted by atomic mass is 10.2. The molecule has 0 unspecified atom stereocenters. The SMILES string of the molecule is CN(C)c1ccccc1Nc1ccc(C(N)=S)cc1Cl. The van der Waals surface area contributed by atoms with Crippen molar-refractivity contribution in [2.45, 2.75) is 0 Å². The topological polar surface area (TPSA) is 41.3 Å². The molecule has 0 bridgehead atoms. The minimum atomic E-state index is 0.340. The number of anilines is 3. The molecule has 0 heterocycles. The van der Waals surface area contributed by atoms with Gasteiger partial charge in [0.25, 0.3) is 0 Å². The highest BCUT2D eigenvalue weighted by atomic mass is 35.5. The molecule has 0 atom stereocenters. The first-order chi connectivity index (χ1) is 9.49. The van der Waals surface area contributed by atoms with Gasteiger partial charge in [0.1, 0.15) is 4.99 Å². The van der Waals surface area contributed by atoms with Gasteiger partial charge in [-0.2, -0.15) is 0 Å². The van der Waals surface area contributed by atoms with Crippen molar-refractivity contribution >= 4 is 45.9 Å². The highest BCUT2D eigenvalue weighted by Crippen LogP contribution is 2.31. The third kappa shape index (κ3) is 3.21. The smallest absolute Gasteiger partial charge is 0.104 e. The zero-order chi connectivity index (χ0) is 14.7. The number of hydrogen-bond donors (Lipinski definition) is 2. The molecule has 0 radical (unpaired) electrons. The standard InChI is InChI=1S/C15H16ClN3S/c1-19(2)14-6-4-3-5-13(14)18-12-8-7-10(15(17)20)9-11(12)16/h3-9,18H,1-2H3,(H2,17,20). The second-order valence-electron chi connectivity index (χ2n) is 4.60. The van der Waals surface area contributed by atoms with Gasteiger partial charge in [-0.05, 0) is 30.3 Å². The molecule has 3 nitrogen and oxygen atoms in total. The van der Waals surface area contributed by atoms with E-state index >= 15 is 0 Å². The number of benzene rings is 2. The Bertz CT molecular complexity index is 641. The summed E-state index contributed by atoms with van der Waals surface area (Å²) in [5, 5.41) is 3.92. The van der Waals surface area contributed by atoms with E-state index in [-0.39, 0.29) is 0 Å². The Morgan fingerprint density at radius 1 is 1.15 bits per heavy atom. The summed E-state index contributed by atoms with van der Waals surface area (Å²) >= 11 is 11.2. The Morgan fingerprint density at radius 2 is 1.85 bits per heavy atom. The van der Waals surface area contributed by atoms with E-state index in [0.717, 1.165) is 22.6 Å². The van der Waals surface area contributed by atoms with E-state index in [1.165, 1.54) is 0 Å². The largest absolute Gasteiger partial charge is 0.389 e. The molecule has 0 aliphatic heterocycles. The monoisotopic (exact) mass is 305 g/mol. The quantitative estimate of drug-likeness (QED) is 0.843. The number of thiocarbonyl (C=S) groups is 1. The van der Waals surface area contributed by atoms with Gasteiger partial charge < -0.3 is 16.0 Å².